The zero-order valence-corrected chi connectivity index (χ0v) is 13.5. The van der Waals surface area contributed by atoms with E-state index in [0.29, 0.717) is 6.42 Å². The second-order valence-corrected chi connectivity index (χ2v) is 5.72. The Morgan fingerprint density at radius 3 is 2.73 bits per heavy atom. The highest BCUT2D eigenvalue weighted by molar-refractivity contribution is 5.69. The van der Waals surface area contributed by atoms with Gasteiger partial charge in [-0.2, -0.15) is 0 Å². The Kier molecular flexibility index (Phi) is 6.72. The summed E-state index contributed by atoms with van der Waals surface area (Å²) >= 11 is 0. The zero-order valence-electron chi connectivity index (χ0n) is 13.5. The van der Waals surface area contributed by atoms with Crippen LogP contribution in [-0.2, 0) is 14.3 Å². The van der Waals surface area contributed by atoms with Gasteiger partial charge < -0.3 is 14.2 Å². The van der Waals surface area contributed by atoms with Crippen molar-refractivity contribution in [3.8, 4) is 5.75 Å². The van der Waals surface area contributed by atoms with E-state index in [2.05, 4.69) is 6.92 Å². The molecular formula is C18H26O4. The van der Waals surface area contributed by atoms with Crippen molar-refractivity contribution in [1.82, 2.24) is 0 Å². The summed E-state index contributed by atoms with van der Waals surface area (Å²) in [6.07, 6.45) is 5.19. The van der Waals surface area contributed by atoms with Gasteiger partial charge in [0, 0.05) is 12.8 Å². The summed E-state index contributed by atoms with van der Waals surface area (Å²) in [7, 11) is 0. The van der Waals surface area contributed by atoms with Crippen molar-refractivity contribution >= 4 is 5.97 Å². The molecule has 4 nitrogen and oxygen atoms in total. The number of hydrogen-bond donors (Lipinski definition) is 0. The van der Waals surface area contributed by atoms with E-state index in [9.17, 15) is 4.79 Å². The topological polar surface area (TPSA) is 44.8 Å². The third kappa shape index (κ3) is 5.34. The van der Waals surface area contributed by atoms with Crippen LogP contribution in [0.25, 0.3) is 0 Å². The highest BCUT2D eigenvalue weighted by Gasteiger charge is 2.16. The number of carbonyl (C=O) groups excluding carboxylic acids is 1. The first-order chi connectivity index (χ1) is 10.7. The van der Waals surface area contributed by atoms with E-state index in [4.69, 9.17) is 14.2 Å². The van der Waals surface area contributed by atoms with Gasteiger partial charge in [-0.05, 0) is 43.9 Å². The number of rotatable bonds is 7. The lowest BCUT2D eigenvalue weighted by atomic mass is 10.1. The van der Waals surface area contributed by atoms with Gasteiger partial charge in [-0.3, -0.25) is 4.79 Å². The van der Waals surface area contributed by atoms with Crippen molar-refractivity contribution in [3.05, 3.63) is 29.8 Å². The summed E-state index contributed by atoms with van der Waals surface area (Å²) in [4.78, 5) is 11.7. The maximum absolute atomic E-state index is 11.7. The molecule has 0 aromatic heterocycles. The van der Waals surface area contributed by atoms with Crippen molar-refractivity contribution in [2.24, 2.45) is 0 Å². The third-order valence-electron chi connectivity index (χ3n) is 3.80. The molecule has 0 bridgehead atoms. The number of ether oxygens (including phenoxy) is 3. The Labute approximate surface area is 132 Å². The average molecular weight is 306 g/mol. The smallest absolute Gasteiger partial charge is 0.306 e. The molecule has 0 amide bonds. The summed E-state index contributed by atoms with van der Waals surface area (Å²) in [5.74, 6) is 0.658. The van der Waals surface area contributed by atoms with Crippen LogP contribution in [-0.4, -0.2) is 18.9 Å². The zero-order chi connectivity index (χ0) is 15.8. The molecular weight excluding hydrogens is 280 g/mol. The molecule has 1 aromatic rings. The van der Waals surface area contributed by atoms with Gasteiger partial charge in [0.05, 0.1) is 6.61 Å². The summed E-state index contributed by atoms with van der Waals surface area (Å²) in [6.45, 7) is 4.73. The van der Waals surface area contributed by atoms with E-state index in [-0.39, 0.29) is 18.4 Å². The summed E-state index contributed by atoms with van der Waals surface area (Å²) in [5, 5.41) is 0. The lowest BCUT2D eigenvalue weighted by Gasteiger charge is -2.23. The highest BCUT2D eigenvalue weighted by Crippen LogP contribution is 2.23. The van der Waals surface area contributed by atoms with Crippen molar-refractivity contribution in [2.45, 2.75) is 64.8 Å². The molecule has 2 atom stereocenters. The lowest BCUT2D eigenvalue weighted by molar-refractivity contribution is -0.148. The molecule has 1 aromatic carbocycles. The van der Waals surface area contributed by atoms with Crippen LogP contribution in [0.2, 0.25) is 0 Å². The molecule has 22 heavy (non-hydrogen) atoms. The van der Waals surface area contributed by atoms with Crippen LogP contribution in [0, 0.1) is 0 Å². The van der Waals surface area contributed by atoms with Gasteiger partial charge in [-0.1, -0.05) is 25.5 Å². The minimum Gasteiger partial charge on any atom is -0.465 e. The fourth-order valence-electron chi connectivity index (χ4n) is 2.42. The number of unbranched alkanes of at least 4 members (excludes halogenated alkanes) is 1. The Bertz CT molecular complexity index is 449. The van der Waals surface area contributed by atoms with E-state index >= 15 is 0 Å². The molecule has 0 N–H and O–H groups in total. The van der Waals surface area contributed by atoms with E-state index in [0.717, 1.165) is 50.0 Å². The molecule has 122 valence electrons. The fourth-order valence-corrected chi connectivity index (χ4v) is 2.42. The van der Waals surface area contributed by atoms with Crippen LogP contribution >= 0.6 is 0 Å². The lowest BCUT2D eigenvalue weighted by Crippen LogP contribution is -2.24. The van der Waals surface area contributed by atoms with Crippen molar-refractivity contribution in [2.75, 3.05) is 6.61 Å². The molecule has 1 aliphatic heterocycles. The van der Waals surface area contributed by atoms with Crippen LogP contribution < -0.4 is 4.74 Å². The van der Waals surface area contributed by atoms with Gasteiger partial charge in [0.1, 0.15) is 11.9 Å². The summed E-state index contributed by atoms with van der Waals surface area (Å²) < 4.78 is 16.8. The quantitative estimate of drug-likeness (QED) is 0.701. The number of hydrogen-bond acceptors (Lipinski definition) is 4. The van der Waals surface area contributed by atoms with Crippen LogP contribution in [0.1, 0.15) is 64.0 Å². The first-order valence-corrected chi connectivity index (χ1v) is 8.26. The number of carbonyl (C=O) groups is 1. The molecule has 1 heterocycles. The Morgan fingerprint density at radius 1 is 1.32 bits per heavy atom. The first kappa shape index (κ1) is 16.8. The largest absolute Gasteiger partial charge is 0.465 e. The molecule has 1 aliphatic rings. The maximum atomic E-state index is 11.7. The van der Waals surface area contributed by atoms with Gasteiger partial charge in [-0.15, -0.1) is 0 Å². The molecule has 1 fully saturated rings. The second kappa shape index (κ2) is 8.79. The third-order valence-corrected chi connectivity index (χ3v) is 3.80. The van der Waals surface area contributed by atoms with Gasteiger partial charge in [0.15, 0.2) is 6.29 Å². The summed E-state index contributed by atoms with van der Waals surface area (Å²) in [6, 6.07) is 7.69. The standard InChI is InChI=1S/C18H26O4/c1-3-4-7-17(19)21-14(2)15-9-11-16(12-10-15)22-18-8-5-6-13-20-18/h9-12,14,18H,3-8,13H2,1-2H3. The average Bonchev–Trinajstić information content (AvgIpc) is 2.54. The number of benzene rings is 1. The second-order valence-electron chi connectivity index (χ2n) is 5.72. The van der Waals surface area contributed by atoms with E-state index in [1.54, 1.807) is 0 Å². The molecule has 0 radical (unpaired) electrons. The minimum absolute atomic E-state index is 0.134. The van der Waals surface area contributed by atoms with E-state index in [1.165, 1.54) is 0 Å². The van der Waals surface area contributed by atoms with Crippen LogP contribution in [0.5, 0.6) is 5.75 Å². The first-order valence-electron chi connectivity index (χ1n) is 8.26. The van der Waals surface area contributed by atoms with Crippen molar-refractivity contribution in [1.29, 1.82) is 0 Å². The summed E-state index contributed by atoms with van der Waals surface area (Å²) in [5.41, 5.74) is 0.974. The maximum Gasteiger partial charge on any atom is 0.306 e. The van der Waals surface area contributed by atoms with E-state index in [1.807, 2.05) is 31.2 Å². The van der Waals surface area contributed by atoms with E-state index < -0.39 is 0 Å². The number of esters is 1. The molecule has 0 spiro atoms. The molecule has 0 aliphatic carbocycles. The van der Waals surface area contributed by atoms with Crippen LogP contribution in [0.3, 0.4) is 0 Å². The van der Waals surface area contributed by atoms with Crippen LogP contribution in [0.15, 0.2) is 24.3 Å². The Hall–Kier alpha value is -1.55. The molecule has 1 saturated heterocycles. The van der Waals surface area contributed by atoms with Gasteiger partial charge in [0.2, 0.25) is 0 Å². The van der Waals surface area contributed by atoms with Crippen LogP contribution in [0.4, 0.5) is 0 Å². The van der Waals surface area contributed by atoms with Gasteiger partial charge >= 0.3 is 5.97 Å². The monoisotopic (exact) mass is 306 g/mol. The van der Waals surface area contributed by atoms with Crippen molar-refractivity contribution < 1.29 is 19.0 Å². The van der Waals surface area contributed by atoms with Crippen molar-refractivity contribution in [3.63, 3.8) is 0 Å². The minimum atomic E-state index is -0.232. The predicted molar refractivity (Wildman–Crippen MR) is 84.7 cm³/mol. The molecule has 0 saturated carbocycles. The predicted octanol–water partition coefficient (Wildman–Crippen LogP) is 4.39. The Morgan fingerprint density at radius 2 is 2.09 bits per heavy atom. The van der Waals surface area contributed by atoms with Gasteiger partial charge in [-0.25, -0.2) is 0 Å². The molecule has 4 heteroatoms. The molecule has 2 rings (SSSR count). The SMILES string of the molecule is CCCCC(=O)OC(C)c1ccc(OC2CCCCO2)cc1. The molecule has 2 unspecified atom stereocenters. The highest BCUT2D eigenvalue weighted by atomic mass is 16.7. The van der Waals surface area contributed by atoms with Gasteiger partial charge in [0.25, 0.3) is 0 Å². The fraction of sp³-hybridized carbons (Fsp3) is 0.611. The normalized spacial score (nSPS) is 19.5. The Balaban J connectivity index is 1.83.